The van der Waals surface area contributed by atoms with Crippen LogP contribution in [0.4, 0.5) is 4.39 Å². The number of carbonyl (C=O) groups excluding carboxylic acids is 2. The van der Waals surface area contributed by atoms with E-state index in [2.05, 4.69) is 10.2 Å². The van der Waals surface area contributed by atoms with Crippen LogP contribution in [0.1, 0.15) is 58.1 Å². The van der Waals surface area contributed by atoms with Crippen molar-refractivity contribution in [2.75, 3.05) is 32.7 Å². The van der Waals surface area contributed by atoms with Gasteiger partial charge >= 0.3 is 0 Å². The van der Waals surface area contributed by atoms with Gasteiger partial charge in [0, 0.05) is 41.6 Å². The summed E-state index contributed by atoms with van der Waals surface area (Å²) in [6, 6.07) is 4.46. The maximum Gasteiger partial charge on any atom is 0.227 e. The first-order valence-corrected chi connectivity index (χ1v) is 11.3. The Morgan fingerprint density at radius 1 is 1.17 bits per heavy atom. The van der Waals surface area contributed by atoms with Crippen molar-refractivity contribution in [3.05, 3.63) is 34.6 Å². The number of hydrogen-bond donors (Lipinski definition) is 1. The van der Waals surface area contributed by atoms with Gasteiger partial charge in [0.05, 0.1) is 6.04 Å². The summed E-state index contributed by atoms with van der Waals surface area (Å²) < 4.78 is 14.6. The van der Waals surface area contributed by atoms with Crippen LogP contribution < -0.4 is 5.32 Å². The minimum absolute atomic E-state index is 0.0190. The summed E-state index contributed by atoms with van der Waals surface area (Å²) in [4.78, 5) is 29.3. The molecule has 166 valence electrons. The van der Waals surface area contributed by atoms with Gasteiger partial charge in [0.2, 0.25) is 11.8 Å². The molecule has 0 saturated carbocycles. The highest BCUT2D eigenvalue weighted by molar-refractivity contribution is 6.31. The third-order valence-electron chi connectivity index (χ3n) is 6.18. The zero-order chi connectivity index (χ0) is 21.9. The molecule has 0 aliphatic carbocycles. The Hall–Kier alpha value is -1.66. The van der Waals surface area contributed by atoms with Crippen molar-refractivity contribution in [3.63, 3.8) is 0 Å². The normalized spacial score (nSPS) is 19.7. The number of benzene rings is 1. The van der Waals surface area contributed by atoms with Gasteiger partial charge in [-0.2, -0.15) is 0 Å². The number of carbonyl (C=O) groups is 2. The van der Waals surface area contributed by atoms with E-state index < -0.39 is 5.41 Å². The quantitative estimate of drug-likeness (QED) is 0.757. The van der Waals surface area contributed by atoms with Crippen LogP contribution in [-0.2, 0) is 9.59 Å². The fourth-order valence-corrected chi connectivity index (χ4v) is 4.75. The maximum atomic E-state index is 14.6. The number of piperidine rings is 1. The number of nitrogens with one attached hydrogen (secondary N) is 1. The van der Waals surface area contributed by atoms with Crippen LogP contribution in [0.5, 0.6) is 0 Å². The molecule has 0 bridgehead atoms. The van der Waals surface area contributed by atoms with Crippen LogP contribution in [0.2, 0.25) is 5.02 Å². The molecule has 2 aliphatic heterocycles. The monoisotopic (exact) mass is 437 g/mol. The average molecular weight is 438 g/mol. The van der Waals surface area contributed by atoms with Crippen molar-refractivity contribution >= 4 is 23.4 Å². The fraction of sp³-hybridized carbons (Fsp3) is 0.652. The molecular weight excluding hydrogens is 405 g/mol. The van der Waals surface area contributed by atoms with Gasteiger partial charge in [0.15, 0.2) is 0 Å². The van der Waals surface area contributed by atoms with Crippen molar-refractivity contribution in [3.8, 4) is 0 Å². The lowest BCUT2D eigenvalue weighted by Crippen LogP contribution is -2.47. The number of likely N-dealkylation sites (tertiary alicyclic amines) is 2. The summed E-state index contributed by atoms with van der Waals surface area (Å²) in [5.74, 6) is -0.342. The highest BCUT2D eigenvalue weighted by Crippen LogP contribution is 2.32. The van der Waals surface area contributed by atoms with E-state index in [9.17, 15) is 14.0 Å². The predicted molar refractivity (Wildman–Crippen MR) is 117 cm³/mol. The van der Waals surface area contributed by atoms with Crippen LogP contribution in [0.15, 0.2) is 18.2 Å². The summed E-state index contributed by atoms with van der Waals surface area (Å²) in [6.45, 7) is 9.03. The van der Waals surface area contributed by atoms with E-state index in [1.54, 1.807) is 12.1 Å². The number of halogens is 2. The van der Waals surface area contributed by atoms with Crippen LogP contribution in [-0.4, -0.2) is 54.3 Å². The first-order chi connectivity index (χ1) is 14.2. The van der Waals surface area contributed by atoms with Gasteiger partial charge in [-0.25, -0.2) is 4.39 Å². The Morgan fingerprint density at radius 2 is 1.80 bits per heavy atom. The third kappa shape index (κ3) is 5.33. The molecule has 1 unspecified atom stereocenters. The van der Waals surface area contributed by atoms with E-state index in [4.69, 9.17) is 11.6 Å². The number of nitrogens with zero attached hydrogens (tertiary/aromatic N) is 2. The minimum atomic E-state index is -0.406. The van der Waals surface area contributed by atoms with E-state index in [0.717, 1.165) is 25.9 Å². The van der Waals surface area contributed by atoms with E-state index in [0.29, 0.717) is 43.1 Å². The molecule has 2 amide bonds. The van der Waals surface area contributed by atoms with Gasteiger partial charge in [0.25, 0.3) is 0 Å². The second-order valence-electron chi connectivity index (χ2n) is 9.46. The second kappa shape index (κ2) is 9.65. The van der Waals surface area contributed by atoms with E-state index >= 15 is 0 Å². The van der Waals surface area contributed by atoms with Crippen molar-refractivity contribution in [1.29, 1.82) is 0 Å². The molecular formula is C23H33ClFN3O2. The van der Waals surface area contributed by atoms with E-state index in [1.807, 2.05) is 25.7 Å². The molecule has 2 aliphatic rings. The second-order valence-corrected chi connectivity index (χ2v) is 9.86. The lowest BCUT2D eigenvalue weighted by atomic mass is 9.90. The molecule has 1 aromatic carbocycles. The lowest BCUT2D eigenvalue weighted by molar-refractivity contribution is -0.142. The van der Waals surface area contributed by atoms with Gasteiger partial charge in [0.1, 0.15) is 5.82 Å². The Bertz CT molecular complexity index is 746. The van der Waals surface area contributed by atoms with E-state index in [-0.39, 0.29) is 29.6 Å². The summed E-state index contributed by atoms with van der Waals surface area (Å²) in [6.07, 6.45) is 3.44. The summed E-state index contributed by atoms with van der Waals surface area (Å²) in [5.41, 5.74) is 0.0591. The third-order valence-corrected chi connectivity index (χ3v) is 6.51. The lowest BCUT2D eigenvalue weighted by Gasteiger charge is -2.35. The zero-order valence-corrected chi connectivity index (χ0v) is 19.0. The van der Waals surface area contributed by atoms with E-state index in [1.165, 1.54) is 6.07 Å². The molecule has 0 radical (unpaired) electrons. The standard InChI is InChI=1S/C23H33ClFN3O2/c1-23(2,3)22(30)28-13-9-16(10-14-28)21(29)26-15-19(27-11-4-5-12-27)20-17(24)7-6-8-18(20)25/h6-8,16,19H,4-5,9-15H2,1-3H3,(H,26,29). The molecule has 2 heterocycles. The van der Waals surface area contributed by atoms with Crippen molar-refractivity contribution in [2.45, 2.75) is 52.5 Å². The summed E-state index contributed by atoms with van der Waals surface area (Å²) >= 11 is 6.33. The van der Waals surface area contributed by atoms with Crippen LogP contribution >= 0.6 is 11.6 Å². The Kier molecular flexibility index (Phi) is 7.40. The molecule has 7 heteroatoms. The Balaban J connectivity index is 1.61. The van der Waals surface area contributed by atoms with Crippen LogP contribution in [0.3, 0.4) is 0 Å². The Labute approximate surface area is 183 Å². The van der Waals surface area contributed by atoms with Crippen LogP contribution in [0, 0.1) is 17.2 Å². The van der Waals surface area contributed by atoms with Gasteiger partial charge in [-0.3, -0.25) is 14.5 Å². The highest BCUT2D eigenvalue weighted by atomic mass is 35.5. The molecule has 2 saturated heterocycles. The van der Waals surface area contributed by atoms with Gasteiger partial charge in [-0.15, -0.1) is 0 Å². The number of hydrogen-bond acceptors (Lipinski definition) is 3. The van der Waals surface area contributed by atoms with Gasteiger partial charge in [-0.1, -0.05) is 38.4 Å². The maximum absolute atomic E-state index is 14.6. The summed E-state index contributed by atoms with van der Waals surface area (Å²) in [5, 5.41) is 3.45. The molecule has 0 aromatic heterocycles. The zero-order valence-electron chi connectivity index (χ0n) is 18.2. The minimum Gasteiger partial charge on any atom is -0.354 e. The molecule has 30 heavy (non-hydrogen) atoms. The molecule has 3 rings (SSSR count). The van der Waals surface area contributed by atoms with Gasteiger partial charge in [-0.05, 0) is 50.9 Å². The molecule has 5 nitrogen and oxygen atoms in total. The molecule has 1 aromatic rings. The predicted octanol–water partition coefficient (Wildman–Crippen LogP) is 4.02. The summed E-state index contributed by atoms with van der Waals surface area (Å²) in [7, 11) is 0. The number of amides is 2. The smallest absolute Gasteiger partial charge is 0.227 e. The molecule has 1 N–H and O–H groups in total. The number of rotatable bonds is 5. The average Bonchev–Trinajstić information content (AvgIpc) is 3.23. The SMILES string of the molecule is CC(C)(C)C(=O)N1CCC(C(=O)NCC(c2c(F)cccc2Cl)N2CCCC2)CC1. The van der Waals surface area contributed by atoms with Crippen molar-refractivity contribution in [2.24, 2.45) is 11.3 Å². The Morgan fingerprint density at radius 3 is 2.37 bits per heavy atom. The largest absolute Gasteiger partial charge is 0.354 e. The fourth-order valence-electron chi connectivity index (χ4n) is 4.46. The van der Waals surface area contributed by atoms with Crippen molar-refractivity contribution < 1.29 is 14.0 Å². The van der Waals surface area contributed by atoms with Gasteiger partial charge < -0.3 is 10.2 Å². The highest BCUT2D eigenvalue weighted by Gasteiger charge is 2.33. The van der Waals surface area contributed by atoms with Crippen molar-refractivity contribution in [1.82, 2.24) is 15.1 Å². The topological polar surface area (TPSA) is 52.7 Å². The molecule has 0 spiro atoms. The first kappa shape index (κ1) is 23.0. The molecule has 1 atom stereocenters. The molecule has 2 fully saturated rings. The van der Waals surface area contributed by atoms with Crippen LogP contribution in [0.25, 0.3) is 0 Å². The first-order valence-electron chi connectivity index (χ1n) is 10.9.